The van der Waals surface area contributed by atoms with Crippen molar-refractivity contribution in [2.24, 2.45) is 0 Å². The van der Waals surface area contributed by atoms with Crippen LogP contribution in [0.3, 0.4) is 0 Å². The number of aryl methyl sites for hydroxylation is 3. The minimum absolute atomic E-state index is 0.0546. The van der Waals surface area contributed by atoms with Gasteiger partial charge in [-0.1, -0.05) is 37.6 Å². The molecule has 2 aliphatic rings. The van der Waals surface area contributed by atoms with Crippen LogP contribution >= 0.6 is 0 Å². The summed E-state index contributed by atoms with van der Waals surface area (Å²) in [5, 5.41) is 5.74. The lowest BCUT2D eigenvalue weighted by atomic mass is 9.93. The zero-order valence-corrected chi connectivity index (χ0v) is 26.2. The molecule has 0 aliphatic heterocycles. The van der Waals surface area contributed by atoms with Crippen LogP contribution in [0.25, 0.3) is 0 Å². The first kappa shape index (κ1) is 31.7. The van der Waals surface area contributed by atoms with Crippen LogP contribution in [0, 0.1) is 0 Å². The van der Waals surface area contributed by atoms with Crippen LogP contribution in [-0.2, 0) is 25.8 Å². The Labute approximate surface area is 263 Å². The third-order valence-corrected chi connectivity index (χ3v) is 8.09. The van der Waals surface area contributed by atoms with Crippen LogP contribution in [0.4, 0.5) is 11.4 Å². The van der Waals surface area contributed by atoms with Gasteiger partial charge in [-0.2, -0.15) is 0 Å². The molecule has 9 nitrogen and oxygen atoms in total. The average Bonchev–Trinajstić information content (AvgIpc) is 3.66. The number of carbonyl (C=O) groups is 4. The Bertz CT molecular complexity index is 1680. The highest BCUT2D eigenvalue weighted by atomic mass is 16.2. The van der Waals surface area contributed by atoms with E-state index in [4.69, 9.17) is 0 Å². The van der Waals surface area contributed by atoms with E-state index in [1.807, 2.05) is 62.6 Å². The maximum atomic E-state index is 12.5. The van der Waals surface area contributed by atoms with Gasteiger partial charge in [-0.05, 0) is 81.6 Å². The number of fused-ring (bicyclic) bond motifs is 2. The number of aromatic nitrogens is 2. The Morgan fingerprint density at radius 1 is 0.689 bits per heavy atom. The summed E-state index contributed by atoms with van der Waals surface area (Å²) in [7, 11) is 4.03. The summed E-state index contributed by atoms with van der Waals surface area (Å²) in [5.74, 6) is -0.348. The number of H-pyrrole nitrogens is 2. The molecule has 0 saturated heterocycles. The summed E-state index contributed by atoms with van der Waals surface area (Å²) in [6.45, 7) is 3.00. The maximum Gasteiger partial charge on any atom is 0.257 e. The van der Waals surface area contributed by atoms with Crippen molar-refractivity contribution in [1.82, 2.24) is 14.9 Å². The second kappa shape index (κ2) is 14.3. The van der Waals surface area contributed by atoms with Crippen molar-refractivity contribution in [2.45, 2.75) is 64.8 Å². The Hall–Kier alpha value is -4.76. The largest absolute Gasteiger partial charge is 0.364 e. The van der Waals surface area contributed by atoms with E-state index in [0.717, 1.165) is 67.8 Å². The van der Waals surface area contributed by atoms with Gasteiger partial charge in [-0.3, -0.25) is 19.2 Å². The van der Waals surface area contributed by atoms with Gasteiger partial charge in [0.25, 0.3) is 11.8 Å². The third kappa shape index (κ3) is 7.67. The zero-order valence-electron chi connectivity index (χ0n) is 26.2. The van der Waals surface area contributed by atoms with Crippen LogP contribution in [0.2, 0.25) is 0 Å². The van der Waals surface area contributed by atoms with Gasteiger partial charge in [0.15, 0.2) is 11.6 Å². The Morgan fingerprint density at radius 3 is 1.56 bits per heavy atom. The van der Waals surface area contributed by atoms with E-state index < -0.39 is 0 Å². The molecule has 2 aromatic carbocycles. The fourth-order valence-corrected chi connectivity index (χ4v) is 5.92. The first-order chi connectivity index (χ1) is 21.7. The molecule has 6 rings (SSSR count). The SMILES string of the molecule is CCCc1ccc(NC(=O)c2c[nH]c3c2C(=O)CCC3)cc1.CN(C)Cc1ccc(NC(=O)c2c[nH]c3c2C(=O)CCC3)cc1. The highest BCUT2D eigenvalue weighted by Gasteiger charge is 2.27. The van der Waals surface area contributed by atoms with Crippen molar-refractivity contribution in [2.75, 3.05) is 24.7 Å². The third-order valence-electron chi connectivity index (χ3n) is 8.09. The molecule has 9 heteroatoms. The molecular weight excluding hydrogens is 566 g/mol. The van der Waals surface area contributed by atoms with Gasteiger partial charge in [0.2, 0.25) is 0 Å². The monoisotopic (exact) mass is 607 g/mol. The summed E-state index contributed by atoms with van der Waals surface area (Å²) < 4.78 is 0. The second-order valence-corrected chi connectivity index (χ2v) is 12.0. The van der Waals surface area contributed by atoms with Crippen molar-refractivity contribution in [1.29, 1.82) is 0 Å². The molecule has 0 fully saturated rings. The van der Waals surface area contributed by atoms with E-state index in [1.54, 1.807) is 12.4 Å². The topological polar surface area (TPSA) is 127 Å². The molecule has 45 heavy (non-hydrogen) atoms. The Morgan fingerprint density at radius 2 is 1.13 bits per heavy atom. The van der Waals surface area contributed by atoms with E-state index in [1.165, 1.54) is 11.1 Å². The number of nitrogens with zero attached hydrogens (tertiary/aromatic N) is 1. The quantitative estimate of drug-likeness (QED) is 0.180. The van der Waals surface area contributed by atoms with Gasteiger partial charge < -0.3 is 25.5 Å². The van der Waals surface area contributed by atoms with Crippen molar-refractivity contribution >= 4 is 34.8 Å². The first-order valence-corrected chi connectivity index (χ1v) is 15.7. The van der Waals surface area contributed by atoms with E-state index in [-0.39, 0.29) is 23.4 Å². The molecule has 0 radical (unpaired) electrons. The van der Waals surface area contributed by atoms with Crippen molar-refractivity contribution in [3.8, 4) is 0 Å². The van der Waals surface area contributed by atoms with Crippen LogP contribution in [0.1, 0.15) is 103 Å². The number of nitrogens with one attached hydrogen (secondary N) is 4. The number of hydrogen-bond donors (Lipinski definition) is 4. The van der Waals surface area contributed by atoms with Gasteiger partial charge in [-0.25, -0.2) is 0 Å². The van der Waals surface area contributed by atoms with E-state index in [2.05, 4.69) is 32.4 Å². The zero-order chi connectivity index (χ0) is 31.9. The molecule has 2 amide bonds. The summed E-state index contributed by atoms with van der Waals surface area (Å²) in [5.41, 5.74) is 7.74. The van der Waals surface area contributed by atoms with E-state index in [0.29, 0.717) is 35.1 Å². The molecule has 234 valence electrons. The highest BCUT2D eigenvalue weighted by molar-refractivity contribution is 6.14. The van der Waals surface area contributed by atoms with Crippen molar-refractivity contribution < 1.29 is 19.2 Å². The number of ketones is 2. The maximum absolute atomic E-state index is 12.5. The molecule has 0 unspecified atom stereocenters. The fraction of sp³-hybridized carbons (Fsp3) is 0.333. The number of anilines is 2. The van der Waals surface area contributed by atoms with Gasteiger partial charge in [0.1, 0.15) is 0 Å². The lowest BCUT2D eigenvalue weighted by Gasteiger charge is -2.12. The molecular formula is C36H41N5O4. The molecule has 2 heterocycles. The molecule has 2 aliphatic carbocycles. The van der Waals surface area contributed by atoms with Gasteiger partial charge in [-0.15, -0.1) is 0 Å². The second-order valence-electron chi connectivity index (χ2n) is 12.0. The summed E-state index contributed by atoms with van der Waals surface area (Å²) in [6, 6.07) is 15.6. The van der Waals surface area contributed by atoms with Crippen LogP contribution in [-0.4, -0.2) is 52.3 Å². The molecule has 0 spiro atoms. The number of carbonyl (C=O) groups excluding carboxylic acids is 4. The van der Waals surface area contributed by atoms with Gasteiger partial charge >= 0.3 is 0 Å². The predicted molar refractivity (Wildman–Crippen MR) is 176 cm³/mol. The Kier molecular flexibility index (Phi) is 10.1. The Balaban J connectivity index is 0.000000178. The molecule has 4 aromatic rings. The number of benzene rings is 2. The highest BCUT2D eigenvalue weighted by Crippen LogP contribution is 2.26. The predicted octanol–water partition coefficient (Wildman–Crippen LogP) is 6.59. The molecule has 0 saturated carbocycles. The standard InChI is InChI=1S/C18H21N3O2.C18H20N2O2/c1-21(2)11-12-6-8-13(9-7-12)20-18(23)14-10-19-15-4-3-5-16(22)17(14)15;1-2-4-12-7-9-13(10-8-12)20-18(22)14-11-19-15-5-3-6-16(21)17(14)15/h6-10,19H,3-5,11H2,1-2H3,(H,20,23);7-11,19H,2-6H2,1H3,(H,20,22). The number of amides is 2. The summed E-state index contributed by atoms with van der Waals surface area (Å²) in [4.78, 5) is 57.2. The lowest BCUT2D eigenvalue weighted by molar-refractivity contribution is 0.0954. The minimum atomic E-state index is -0.238. The number of aromatic amines is 2. The molecule has 0 atom stereocenters. The number of rotatable bonds is 8. The fourth-order valence-electron chi connectivity index (χ4n) is 5.92. The number of Topliss-reactive ketones (excluding diaryl/α,β-unsaturated/α-hetero) is 2. The van der Waals surface area contributed by atoms with Gasteiger partial charge in [0, 0.05) is 54.5 Å². The van der Waals surface area contributed by atoms with E-state index >= 15 is 0 Å². The molecule has 4 N–H and O–H groups in total. The molecule has 2 aromatic heterocycles. The minimum Gasteiger partial charge on any atom is -0.364 e. The molecule has 0 bridgehead atoms. The summed E-state index contributed by atoms with van der Waals surface area (Å²) >= 11 is 0. The first-order valence-electron chi connectivity index (χ1n) is 15.7. The number of hydrogen-bond acceptors (Lipinski definition) is 5. The normalized spacial score (nSPS) is 13.9. The van der Waals surface area contributed by atoms with E-state index in [9.17, 15) is 19.2 Å². The average molecular weight is 608 g/mol. The van der Waals surface area contributed by atoms with Crippen molar-refractivity contribution in [3.05, 3.63) is 106 Å². The van der Waals surface area contributed by atoms with Gasteiger partial charge in [0.05, 0.1) is 22.3 Å². The van der Waals surface area contributed by atoms with Crippen LogP contribution in [0.5, 0.6) is 0 Å². The smallest absolute Gasteiger partial charge is 0.257 e. The van der Waals surface area contributed by atoms with Crippen molar-refractivity contribution in [3.63, 3.8) is 0 Å². The van der Waals surface area contributed by atoms with Crippen LogP contribution < -0.4 is 10.6 Å². The summed E-state index contributed by atoms with van der Waals surface area (Å²) in [6.07, 6.45) is 9.83. The lowest BCUT2D eigenvalue weighted by Crippen LogP contribution is -2.18. The van der Waals surface area contributed by atoms with Crippen LogP contribution in [0.15, 0.2) is 60.9 Å².